The molecule has 0 radical (unpaired) electrons. The molecule has 132 valence electrons. The maximum absolute atomic E-state index is 12.6. The van der Waals surface area contributed by atoms with Crippen LogP contribution in [0.25, 0.3) is 21.8 Å². The quantitative estimate of drug-likeness (QED) is 0.373. The van der Waals surface area contributed by atoms with Gasteiger partial charge in [-0.25, -0.2) is 9.59 Å². The summed E-state index contributed by atoms with van der Waals surface area (Å²) in [5.74, 6) is -1.47. The second-order valence-corrected chi connectivity index (χ2v) is 6.51. The Morgan fingerprint density at radius 1 is 0.815 bits per heavy atom. The molecule has 0 aliphatic rings. The van der Waals surface area contributed by atoms with E-state index in [2.05, 4.69) is 9.97 Å². The summed E-state index contributed by atoms with van der Waals surface area (Å²) in [6, 6.07) is 13.6. The number of ether oxygens (including phenoxy) is 1. The summed E-state index contributed by atoms with van der Waals surface area (Å²) < 4.78 is 5.14. The Balaban J connectivity index is 1.70. The lowest BCUT2D eigenvalue weighted by Gasteiger charge is -2.08. The third-order valence-electron chi connectivity index (χ3n) is 4.23. The van der Waals surface area contributed by atoms with Crippen LogP contribution in [0.15, 0.2) is 60.9 Å². The molecule has 0 unspecified atom stereocenters. The Hall–Kier alpha value is -3.31. The molecule has 6 heteroatoms. The van der Waals surface area contributed by atoms with Gasteiger partial charge in [0, 0.05) is 28.2 Å². The fourth-order valence-electron chi connectivity index (χ4n) is 2.93. The summed E-state index contributed by atoms with van der Waals surface area (Å²) in [4.78, 5) is 33.7. The maximum atomic E-state index is 12.6. The van der Waals surface area contributed by atoms with E-state index in [9.17, 15) is 9.59 Å². The van der Waals surface area contributed by atoms with Crippen LogP contribution in [0, 0.1) is 6.92 Å². The van der Waals surface area contributed by atoms with E-state index in [4.69, 9.17) is 16.3 Å². The molecule has 4 rings (SSSR count). The van der Waals surface area contributed by atoms with Gasteiger partial charge in [0.15, 0.2) is 0 Å². The number of rotatable bonds is 2. The SMILES string of the molecule is Cc1ccc2nccc(C(=O)OC(=O)c3ccnc4cc(Cl)ccc34)c2c1. The zero-order valence-electron chi connectivity index (χ0n) is 14.3. The standard InChI is InChI=1S/C21H13ClN2O3/c1-12-2-5-18-17(10-12)16(7-8-23-18)21(26)27-20(25)15-6-9-24-19-11-13(22)3-4-14(15)19/h2-11H,1H3. The van der Waals surface area contributed by atoms with Crippen molar-refractivity contribution in [1.29, 1.82) is 0 Å². The predicted octanol–water partition coefficient (Wildman–Crippen LogP) is 4.74. The Morgan fingerprint density at radius 2 is 1.48 bits per heavy atom. The minimum Gasteiger partial charge on any atom is -0.386 e. The highest BCUT2D eigenvalue weighted by molar-refractivity contribution is 6.31. The van der Waals surface area contributed by atoms with E-state index < -0.39 is 11.9 Å². The van der Waals surface area contributed by atoms with E-state index in [0.29, 0.717) is 32.4 Å². The van der Waals surface area contributed by atoms with Gasteiger partial charge in [0.1, 0.15) is 0 Å². The summed E-state index contributed by atoms with van der Waals surface area (Å²) in [7, 11) is 0. The fraction of sp³-hybridized carbons (Fsp3) is 0.0476. The Bertz CT molecular complexity index is 1220. The summed E-state index contributed by atoms with van der Waals surface area (Å²) in [6.45, 7) is 1.92. The van der Waals surface area contributed by atoms with E-state index in [1.807, 2.05) is 25.1 Å². The van der Waals surface area contributed by atoms with Crippen molar-refractivity contribution in [1.82, 2.24) is 9.97 Å². The monoisotopic (exact) mass is 376 g/mol. The first kappa shape index (κ1) is 17.1. The van der Waals surface area contributed by atoms with Gasteiger partial charge in [-0.15, -0.1) is 0 Å². The van der Waals surface area contributed by atoms with Crippen molar-refractivity contribution in [3.05, 3.63) is 82.6 Å². The van der Waals surface area contributed by atoms with E-state index in [0.717, 1.165) is 5.56 Å². The first-order chi connectivity index (χ1) is 13.0. The molecule has 0 amide bonds. The molecule has 5 nitrogen and oxygen atoms in total. The van der Waals surface area contributed by atoms with Crippen LogP contribution >= 0.6 is 11.6 Å². The van der Waals surface area contributed by atoms with Gasteiger partial charge in [-0.3, -0.25) is 9.97 Å². The Labute approximate surface area is 159 Å². The highest BCUT2D eigenvalue weighted by atomic mass is 35.5. The highest BCUT2D eigenvalue weighted by Gasteiger charge is 2.19. The van der Waals surface area contributed by atoms with E-state index in [-0.39, 0.29) is 5.56 Å². The summed E-state index contributed by atoms with van der Waals surface area (Å²) in [6.07, 6.45) is 2.99. The van der Waals surface area contributed by atoms with Crippen LogP contribution in [0.5, 0.6) is 0 Å². The number of aromatic nitrogens is 2. The normalized spacial score (nSPS) is 10.9. The lowest BCUT2D eigenvalue weighted by atomic mass is 10.1. The molecule has 0 spiro atoms. The molecule has 0 aliphatic carbocycles. The van der Waals surface area contributed by atoms with Gasteiger partial charge in [0.2, 0.25) is 0 Å². The van der Waals surface area contributed by atoms with Crippen LogP contribution in [-0.2, 0) is 4.74 Å². The second kappa shape index (κ2) is 6.78. The van der Waals surface area contributed by atoms with Crippen LogP contribution in [0.2, 0.25) is 5.02 Å². The number of esters is 2. The van der Waals surface area contributed by atoms with Crippen LogP contribution in [0.1, 0.15) is 26.3 Å². The molecule has 0 N–H and O–H groups in total. The zero-order valence-corrected chi connectivity index (χ0v) is 15.0. The van der Waals surface area contributed by atoms with Crippen molar-refractivity contribution < 1.29 is 14.3 Å². The molecule has 4 aromatic rings. The number of carbonyl (C=O) groups is 2. The highest BCUT2D eigenvalue weighted by Crippen LogP contribution is 2.23. The number of benzene rings is 2. The molecule has 2 heterocycles. The number of pyridine rings is 2. The van der Waals surface area contributed by atoms with Crippen LogP contribution < -0.4 is 0 Å². The van der Waals surface area contributed by atoms with Crippen molar-refractivity contribution in [2.24, 2.45) is 0 Å². The van der Waals surface area contributed by atoms with Crippen molar-refractivity contribution >= 4 is 45.3 Å². The van der Waals surface area contributed by atoms with Crippen molar-refractivity contribution in [2.45, 2.75) is 6.92 Å². The molecule has 2 aromatic carbocycles. The van der Waals surface area contributed by atoms with Gasteiger partial charge in [-0.1, -0.05) is 29.3 Å². The third kappa shape index (κ3) is 3.25. The van der Waals surface area contributed by atoms with E-state index in [1.54, 1.807) is 24.3 Å². The van der Waals surface area contributed by atoms with Crippen molar-refractivity contribution in [3.63, 3.8) is 0 Å². The van der Waals surface area contributed by atoms with Gasteiger partial charge in [0.25, 0.3) is 0 Å². The molecule has 0 bridgehead atoms. The number of nitrogens with zero attached hydrogens (tertiary/aromatic N) is 2. The van der Waals surface area contributed by atoms with Gasteiger partial charge in [0.05, 0.1) is 22.2 Å². The predicted molar refractivity (Wildman–Crippen MR) is 103 cm³/mol. The smallest absolute Gasteiger partial charge is 0.346 e. The summed E-state index contributed by atoms with van der Waals surface area (Å²) in [5, 5.41) is 1.71. The minimum atomic E-state index is -0.743. The topological polar surface area (TPSA) is 69.2 Å². The summed E-state index contributed by atoms with van der Waals surface area (Å²) >= 11 is 5.97. The van der Waals surface area contributed by atoms with Crippen LogP contribution in [-0.4, -0.2) is 21.9 Å². The molecule has 0 saturated heterocycles. The number of carbonyl (C=O) groups excluding carboxylic acids is 2. The zero-order chi connectivity index (χ0) is 19.0. The van der Waals surface area contributed by atoms with Gasteiger partial charge in [-0.05, 0) is 43.3 Å². The largest absolute Gasteiger partial charge is 0.386 e. The van der Waals surface area contributed by atoms with Crippen molar-refractivity contribution in [3.8, 4) is 0 Å². The molecule has 0 aliphatic heterocycles. The van der Waals surface area contributed by atoms with Gasteiger partial charge < -0.3 is 4.74 Å². The second-order valence-electron chi connectivity index (χ2n) is 6.08. The molecule has 0 fully saturated rings. The average molecular weight is 377 g/mol. The molecule has 27 heavy (non-hydrogen) atoms. The lowest BCUT2D eigenvalue weighted by Crippen LogP contribution is -2.14. The molecular weight excluding hydrogens is 364 g/mol. The fourth-order valence-corrected chi connectivity index (χ4v) is 3.10. The first-order valence-corrected chi connectivity index (χ1v) is 8.57. The number of halogens is 1. The Kier molecular flexibility index (Phi) is 4.30. The van der Waals surface area contributed by atoms with Gasteiger partial charge >= 0.3 is 11.9 Å². The van der Waals surface area contributed by atoms with Crippen LogP contribution in [0.3, 0.4) is 0 Å². The maximum Gasteiger partial charge on any atom is 0.346 e. The number of fused-ring (bicyclic) bond motifs is 2. The Morgan fingerprint density at radius 3 is 2.22 bits per heavy atom. The van der Waals surface area contributed by atoms with E-state index >= 15 is 0 Å². The molecular formula is C21H13ClN2O3. The van der Waals surface area contributed by atoms with E-state index in [1.165, 1.54) is 18.5 Å². The molecule has 2 aromatic heterocycles. The first-order valence-electron chi connectivity index (χ1n) is 8.19. The number of hydrogen-bond donors (Lipinski definition) is 0. The lowest BCUT2D eigenvalue weighted by molar-refractivity contribution is 0.0400. The van der Waals surface area contributed by atoms with Gasteiger partial charge in [-0.2, -0.15) is 0 Å². The average Bonchev–Trinajstić information content (AvgIpc) is 2.66. The van der Waals surface area contributed by atoms with Crippen molar-refractivity contribution in [2.75, 3.05) is 0 Å². The number of hydrogen-bond acceptors (Lipinski definition) is 5. The number of aryl methyl sites for hydroxylation is 1. The minimum absolute atomic E-state index is 0.250. The molecule has 0 saturated carbocycles. The third-order valence-corrected chi connectivity index (χ3v) is 4.46. The van der Waals surface area contributed by atoms with Crippen LogP contribution in [0.4, 0.5) is 0 Å². The summed E-state index contributed by atoms with van der Waals surface area (Å²) in [5.41, 5.74) is 2.73. The molecule has 0 atom stereocenters.